The summed E-state index contributed by atoms with van der Waals surface area (Å²) < 4.78 is 123. The number of halogens is 8. The number of rotatable bonds is 12. The van der Waals surface area contributed by atoms with Crippen LogP contribution in [0.25, 0.3) is 33.3 Å². The van der Waals surface area contributed by atoms with Crippen LogP contribution in [-0.2, 0) is 49.9 Å². The van der Waals surface area contributed by atoms with Crippen LogP contribution in [0.15, 0.2) is 73.8 Å². The summed E-state index contributed by atoms with van der Waals surface area (Å²) >= 11 is 0. The molecule has 9 heterocycles. The van der Waals surface area contributed by atoms with Crippen molar-refractivity contribution < 1.29 is 59.3 Å². The predicted molar refractivity (Wildman–Crippen MR) is 288 cm³/mol. The Hall–Kier alpha value is -8.48. The van der Waals surface area contributed by atoms with Gasteiger partial charge in [-0.3, -0.25) is 23.6 Å². The molecule has 3 aliphatic heterocycles. The van der Waals surface area contributed by atoms with E-state index in [0.717, 1.165) is 16.0 Å². The van der Waals surface area contributed by atoms with Crippen LogP contribution < -0.4 is 25.4 Å². The molecule has 3 aliphatic rings. The molecule has 0 fully saturated rings. The first kappa shape index (κ1) is 58.2. The number of aromatic nitrogens is 8. The molecule has 6 aromatic heterocycles. The Morgan fingerprint density at radius 3 is 1.70 bits per heavy atom. The summed E-state index contributed by atoms with van der Waals surface area (Å²) in [6.07, 6.45) is 0.823. The summed E-state index contributed by atoms with van der Waals surface area (Å²) in [6.45, 7) is 9.66. The Labute approximate surface area is 465 Å². The summed E-state index contributed by atoms with van der Waals surface area (Å²) in [5, 5.41) is 18.5. The average Bonchev–Trinajstić information content (AvgIpc) is 4.40. The second-order valence-electron chi connectivity index (χ2n) is 21.8. The van der Waals surface area contributed by atoms with Crippen molar-refractivity contribution in [3.05, 3.63) is 142 Å². The number of carboxylic acids is 1. The van der Waals surface area contributed by atoms with E-state index in [4.69, 9.17) is 9.47 Å². The zero-order chi connectivity index (χ0) is 57.9. The number of nitrogens with one attached hydrogen (secondary N) is 3. The van der Waals surface area contributed by atoms with Crippen LogP contribution in [0.3, 0.4) is 0 Å². The summed E-state index contributed by atoms with van der Waals surface area (Å²) in [6, 6.07) is 9.31. The van der Waals surface area contributed by atoms with Gasteiger partial charge in [0, 0.05) is 131 Å². The third kappa shape index (κ3) is 11.8. The van der Waals surface area contributed by atoms with Crippen molar-refractivity contribution in [2.75, 3.05) is 36.9 Å². The van der Waals surface area contributed by atoms with Crippen molar-refractivity contribution in [2.24, 2.45) is 0 Å². The first-order chi connectivity index (χ1) is 38.2. The van der Waals surface area contributed by atoms with Crippen LogP contribution in [-0.4, -0.2) is 99.2 Å². The van der Waals surface area contributed by atoms with Crippen molar-refractivity contribution in [2.45, 2.75) is 111 Å². The summed E-state index contributed by atoms with van der Waals surface area (Å²) in [4.78, 5) is 52.8. The molecule has 0 atom stereocenters. The third-order valence-electron chi connectivity index (χ3n) is 14.0. The number of aromatic carboxylic acids is 1. The molecule has 432 valence electrons. The number of hydrogen-bond acceptors (Lipinski definition) is 13. The van der Waals surface area contributed by atoms with Crippen molar-refractivity contribution in [3.8, 4) is 33.8 Å². The van der Waals surface area contributed by atoms with Gasteiger partial charge in [-0.1, -0.05) is 49.0 Å². The number of pyridine rings is 2. The van der Waals surface area contributed by atoms with Crippen molar-refractivity contribution in [1.82, 2.24) is 48.9 Å². The van der Waals surface area contributed by atoms with E-state index in [2.05, 4.69) is 45.9 Å². The number of carbonyl (C=O) groups is 2. The molecule has 0 spiro atoms. The van der Waals surface area contributed by atoms with E-state index in [1.807, 2.05) is 41.5 Å². The number of fused-ring (bicyclic) bond motifs is 5. The van der Waals surface area contributed by atoms with Crippen molar-refractivity contribution in [1.29, 1.82) is 0 Å². The zero-order valence-electron chi connectivity index (χ0n) is 44.6. The molecule has 25 heteroatoms. The van der Waals surface area contributed by atoms with E-state index >= 15 is 0 Å². The van der Waals surface area contributed by atoms with E-state index in [1.165, 1.54) is 46.0 Å². The molecule has 2 aromatic carbocycles. The number of anilines is 2. The van der Waals surface area contributed by atoms with Gasteiger partial charge in [0.2, 0.25) is 11.9 Å². The summed E-state index contributed by atoms with van der Waals surface area (Å²) in [5.74, 6) is -1.24. The van der Waals surface area contributed by atoms with E-state index < -0.39 is 49.0 Å². The van der Waals surface area contributed by atoms with Crippen LogP contribution in [0.2, 0.25) is 0 Å². The minimum Gasteiger partial charge on any atom is -0.493 e. The van der Waals surface area contributed by atoms with E-state index in [9.17, 15) is 49.8 Å². The minimum atomic E-state index is -4.61. The molecule has 0 saturated heterocycles. The Bertz CT molecular complexity index is 3770. The molecular weight excluding hydrogens is 1080 g/mol. The first-order valence-corrected chi connectivity index (χ1v) is 25.7. The lowest BCUT2D eigenvalue weighted by Gasteiger charge is -2.28. The van der Waals surface area contributed by atoms with Gasteiger partial charge in [0.1, 0.15) is 42.3 Å². The number of alkyl halides is 6. The second-order valence-corrected chi connectivity index (χ2v) is 21.8. The number of nitrogens with zero attached hydrogens (tertiary/aromatic N) is 9. The second kappa shape index (κ2) is 22.1. The standard InChI is InChI=1S/C28H28F4N6O3.C28H26F4N6O2.CH4/c1-27(2,3)22-8-15(9-33-13-28(30,31)32)17(10-34-22)19-12-36-26(38-14-37-23(24(19)38)25(39)40)35-11-18-16-6-7-41-21(16)5-4-20(18)29;1-27(2,3)22-8-15-12-37(13-28(30,31)32)25(39)23-24-19(17(15)9-33-22)11-35-26(38(24)14-36-23)34-10-18-16-6-7-40-21(16)5-4-20(18)29;/h4-5,8,10,12,14,33H,6-7,9,11,13H2,1-3H3,(H,35,36)(H,39,40);4-5,8-9,11,14H,6-7,10,12-13H2,1-3H3,(H,34,35);1H4. The molecule has 0 aliphatic carbocycles. The summed E-state index contributed by atoms with van der Waals surface area (Å²) in [7, 11) is 0. The number of hydrogen-bond donors (Lipinski definition) is 4. The van der Waals surface area contributed by atoms with Crippen LogP contribution in [0.4, 0.5) is 47.0 Å². The van der Waals surface area contributed by atoms with Crippen molar-refractivity contribution in [3.63, 3.8) is 0 Å². The number of benzene rings is 2. The quantitative estimate of drug-likeness (QED) is 0.0843. The number of carbonyl (C=O) groups excluding carboxylic acids is 1. The highest BCUT2D eigenvalue weighted by Crippen LogP contribution is 2.39. The Morgan fingerprint density at radius 2 is 1.16 bits per heavy atom. The molecule has 0 bridgehead atoms. The topological polar surface area (TPSA) is 198 Å². The average molecular weight is 1140 g/mol. The van der Waals surface area contributed by atoms with Gasteiger partial charge in [-0.25, -0.2) is 33.5 Å². The molecule has 0 radical (unpaired) electrons. The van der Waals surface area contributed by atoms with Gasteiger partial charge in [-0.2, -0.15) is 26.3 Å². The SMILES string of the molecule is C.CC(C)(C)c1cc(CNCC(F)(F)F)c(-c2cnc(NCc3c(F)ccc4c3CCO4)n3cnc(C(=O)O)c23)cn1.CC(C)(C)c1cc2c(cn1)-c1cnc(NCc3c(F)ccc4c3CCO4)n3cnc(c13)C(=O)N(CC(F)(F)F)C2. The summed E-state index contributed by atoms with van der Waals surface area (Å²) in [5.41, 5.74) is 5.82. The number of carboxylic acid groups (broad SMARTS) is 1. The van der Waals surface area contributed by atoms with E-state index in [1.54, 1.807) is 36.7 Å². The molecule has 1 amide bonds. The highest BCUT2D eigenvalue weighted by atomic mass is 19.4. The highest BCUT2D eigenvalue weighted by molar-refractivity contribution is 6.04. The smallest absolute Gasteiger partial charge is 0.406 e. The highest BCUT2D eigenvalue weighted by Gasteiger charge is 2.38. The maximum atomic E-state index is 14.7. The maximum Gasteiger partial charge on any atom is 0.406 e. The normalized spacial score (nSPS) is 14.0. The van der Waals surface area contributed by atoms with Gasteiger partial charge < -0.3 is 35.4 Å². The fraction of sp³-hybridized carbons (Fsp3) is 0.368. The third-order valence-corrected chi connectivity index (χ3v) is 14.0. The molecule has 4 N–H and O–H groups in total. The molecule has 82 heavy (non-hydrogen) atoms. The lowest BCUT2D eigenvalue weighted by Crippen LogP contribution is -2.39. The molecule has 17 nitrogen and oxygen atoms in total. The van der Waals surface area contributed by atoms with Crippen LogP contribution >= 0.6 is 0 Å². The lowest BCUT2D eigenvalue weighted by atomic mass is 9.89. The molecular formula is C57H58F8N12O5. The monoisotopic (exact) mass is 1140 g/mol. The largest absolute Gasteiger partial charge is 0.493 e. The Balaban J connectivity index is 0.000000195. The fourth-order valence-corrected chi connectivity index (χ4v) is 10.0. The van der Waals surface area contributed by atoms with E-state index in [0.29, 0.717) is 99.0 Å². The van der Waals surface area contributed by atoms with Gasteiger partial charge >= 0.3 is 18.3 Å². The minimum absolute atomic E-state index is 0. The van der Waals surface area contributed by atoms with Crippen LogP contribution in [0.1, 0.15) is 115 Å². The van der Waals surface area contributed by atoms with E-state index in [-0.39, 0.29) is 73.2 Å². The Kier molecular flexibility index (Phi) is 15.7. The van der Waals surface area contributed by atoms with Gasteiger partial charge in [-0.15, -0.1) is 0 Å². The predicted octanol–water partition coefficient (Wildman–Crippen LogP) is 11.1. The molecule has 0 saturated carbocycles. The zero-order valence-corrected chi connectivity index (χ0v) is 44.6. The van der Waals surface area contributed by atoms with Crippen molar-refractivity contribution >= 4 is 34.8 Å². The van der Waals surface area contributed by atoms with Crippen LogP contribution in [0, 0.1) is 11.6 Å². The number of ether oxygens (including phenoxy) is 2. The Morgan fingerprint density at radius 1 is 0.646 bits per heavy atom. The molecule has 8 aromatic rings. The fourth-order valence-electron chi connectivity index (χ4n) is 10.0. The maximum absolute atomic E-state index is 14.7. The molecule has 11 rings (SSSR count). The first-order valence-electron chi connectivity index (χ1n) is 25.7. The number of amides is 1. The van der Waals surface area contributed by atoms with Crippen LogP contribution in [0.5, 0.6) is 11.5 Å². The molecule has 0 unspecified atom stereocenters. The van der Waals surface area contributed by atoms with Gasteiger partial charge in [0.25, 0.3) is 5.91 Å². The number of imidazole rings is 2. The lowest BCUT2D eigenvalue weighted by molar-refractivity contribution is -0.141. The van der Waals surface area contributed by atoms with Gasteiger partial charge in [0.05, 0.1) is 30.8 Å². The van der Waals surface area contributed by atoms with Gasteiger partial charge in [-0.05, 0) is 47.5 Å². The van der Waals surface area contributed by atoms with Gasteiger partial charge in [0.15, 0.2) is 11.4 Å².